The lowest BCUT2D eigenvalue weighted by Crippen LogP contribution is -2.48. The van der Waals surface area contributed by atoms with E-state index in [1.165, 1.54) is 0 Å². The van der Waals surface area contributed by atoms with Gasteiger partial charge in [-0.05, 0) is 39.2 Å². The number of carboxylic acids is 1. The number of halogens is 2. The Morgan fingerprint density at radius 1 is 1.42 bits per heavy atom. The molecule has 0 radical (unpaired) electrons. The fourth-order valence-electron chi connectivity index (χ4n) is 1.70. The summed E-state index contributed by atoms with van der Waals surface area (Å²) in [5.41, 5.74) is -0.800. The number of carboxylic acid groups (broad SMARTS) is 1. The highest BCUT2D eigenvalue weighted by molar-refractivity contribution is 6.33. The maximum Gasteiger partial charge on any atom is 0.328 e. The summed E-state index contributed by atoms with van der Waals surface area (Å²) in [6.07, 6.45) is 0. The fourth-order valence-corrected chi connectivity index (χ4v) is 2.17. The number of hydrogen-bond acceptors (Lipinski definition) is 3. The zero-order chi connectivity index (χ0) is 14.6. The number of nitrogens with zero attached hydrogens (tertiary/aromatic N) is 1. The molecule has 0 saturated carbocycles. The van der Waals surface area contributed by atoms with Crippen LogP contribution in [0.1, 0.15) is 12.5 Å². The number of likely N-dealkylation sites (N-methyl/N-ethyl adjacent to an activating group) is 1. The van der Waals surface area contributed by atoms with E-state index in [0.717, 1.165) is 6.54 Å². The molecule has 0 aliphatic carbocycles. The van der Waals surface area contributed by atoms with E-state index < -0.39 is 11.5 Å². The molecular weight excluding hydrogens is 287 g/mol. The van der Waals surface area contributed by atoms with Gasteiger partial charge in [0, 0.05) is 28.7 Å². The molecule has 0 heterocycles. The molecule has 0 aliphatic rings. The number of nitrogens with one attached hydrogen (secondary N) is 1. The Labute approximate surface area is 123 Å². The van der Waals surface area contributed by atoms with Crippen LogP contribution in [0.25, 0.3) is 0 Å². The highest BCUT2D eigenvalue weighted by Crippen LogP contribution is 2.30. The first-order valence-corrected chi connectivity index (χ1v) is 6.61. The summed E-state index contributed by atoms with van der Waals surface area (Å²) in [6, 6.07) is 4.82. The van der Waals surface area contributed by atoms with Gasteiger partial charge in [0.2, 0.25) is 0 Å². The van der Waals surface area contributed by atoms with Crippen molar-refractivity contribution in [1.29, 1.82) is 0 Å². The third-order valence-corrected chi connectivity index (χ3v) is 3.50. The number of benzene rings is 1. The van der Waals surface area contributed by atoms with Crippen molar-refractivity contribution in [2.75, 3.05) is 27.2 Å². The van der Waals surface area contributed by atoms with Gasteiger partial charge in [-0.1, -0.05) is 23.2 Å². The molecular formula is C13H18Cl2N2O2. The Bertz CT molecular complexity index is 466. The van der Waals surface area contributed by atoms with Crippen LogP contribution in [0, 0.1) is 0 Å². The van der Waals surface area contributed by atoms with Gasteiger partial charge >= 0.3 is 5.97 Å². The Morgan fingerprint density at radius 3 is 2.58 bits per heavy atom. The molecule has 0 aromatic heterocycles. The van der Waals surface area contributed by atoms with E-state index in [-0.39, 0.29) is 0 Å². The largest absolute Gasteiger partial charge is 0.480 e. The third kappa shape index (κ3) is 4.08. The first kappa shape index (κ1) is 16.2. The van der Waals surface area contributed by atoms with Gasteiger partial charge in [-0.25, -0.2) is 4.79 Å². The molecule has 0 aliphatic heterocycles. The molecule has 1 aromatic carbocycles. The lowest BCUT2D eigenvalue weighted by atomic mass is 9.92. The number of hydrogen-bond donors (Lipinski definition) is 2. The van der Waals surface area contributed by atoms with E-state index in [4.69, 9.17) is 23.2 Å². The first-order valence-electron chi connectivity index (χ1n) is 5.86. The average Bonchev–Trinajstić information content (AvgIpc) is 2.31. The van der Waals surface area contributed by atoms with E-state index in [9.17, 15) is 9.90 Å². The van der Waals surface area contributed by atoms with Gasteiger partial charge in [0.15, 0.2) is 0 Å². The Morgan fingerprint density at radius 2 is 2.05 bits per heavy atom. The summed E-state index contributed by atoms with van der Waals surface area (Å²) >= 11 is 12.0. The molecule has 0 amide bonds. The fraction of sp³-hybridized carbons (Fsp3) is 0.462. The van der Waals surface area contributed by atoms with E-state index in [1.54, 1.807) is 25.1 Å². The number of carbonyl (C=O) groups is 1. The monoisotopic (exact) mass is 304 g/mol. The van der Waals surface area contributed by atoms with Crippen molar-refractivity contribution in [3.63, 3.8) is 0 Å². The van der Waals surface area contributed by atoms with Crippen LogP contribution in [0.15, 0.2) is 18.2 Å². The molecule has 0 saturated heterocycles. The van der Waals surface area contributed by atoms with Gasteiger partial charge in [-0.2, -0.15) is 0 Å². The normalized spacial score (nSPS) is 14.4. The van der Waals surface area contributed by atoms with Gasteiger partial charge < -0.3 is 10.0 Å². The molecule has 6 heteroatoms. The van der Waals surface area contributed by atoms with E-state index in [2.05, 4.69) is 5.32 Å². The van der Waals surface area contributed by atoms with Crippen LogP contribution in [0.3, 0.4) is 0 Å². The Balaban J connectivity index is 3.04. The average molecular weight is 305 g/mol. The molecule has 4 nitrogen and oxygen atoms in total. The predicted molar refractivity (Wildman–Crippen MR) is 78.0 cm³/mol. The van der Waals surface area contributed by atoms with Crippen LogP contribution in [0.2, 0.25) is 10.0 Å². The third-order valence-electron chi connectivity index (χ3n) is 2.93. The SMILES string of the molecule is CN(C)CCNC(C)(C(=O)O)c1cc(Cl)ccc1Cl. The van der Waals surface area contributed by atoms with Crippen molar-refractivity contribution in [2.45, 2.75) is 12.5 Å². The molecule has 106 valence electrons. The summed E-state index contributed by atoms with van der Waals surface area (Å²) < 4.78 is 0. The zero-order valence-electron chi connectivity index (χ0n) is 11.2. The van der Waals surface area contributed by atoms with Gasteiger partial charge in [0.25, 0.3) is 0 Å². The van der Waals surface area contributed by atoms with Crippen molar-refractivity contribution in [1.82, 2.24) is 10.2 Å². The van der Waals surface area contributed by atoms with E-state index in [1.807, 2.05) is 19.0 Å². The molecule has 0 bridgehead atoms. The second-order valence-corrected chi connectivity index (χ2v) is 5.63. The molecule has 19 heavy (non-hydrogen) atoms. The molecule has 1 atom stereocenters. The van der Waals surface area contributed by atoms with Crippen LogP contribution in [0.5, 0.6) is 0 Å². The van der Waals surface area contributed by atoms with Crippen molar-refractivity contribution in [2.24, 2.45) is 0 Å². The second-order valence-electron chi connectivity index (χ2n) is 4.78. The van der Waals surface area contributed by atoms with Crippen LogP contribution < -0.4 is 5.32 Å². The summed E-state index contributed by atoms with van der Waals surface area (Å²) in [5.74, 6) is -0.990. The molecule has 1 rings (SSSR count). The molecule has 2 N–H and O–H groups in total. The molecule has 0 fully saturated rings. The summed E-state index contributed by atoms with van der Waals surface area (Å²) in [5, 5.41) is 13.4. The van der Waals surface area contributed by atoms with Gasteiger partial charge in [0.05, 0.1) is 0 Å². The van der Waals surface area contributed by atoms with Crippen LogP contribution in [-0.4, -0.2) is 43.2 Å². The quantitative estimate of drug-likeness (QED) is 0.847. The summed E-state index contributed by atoms with van der Waals surface area (Å²) in [6.45, 7) is 2.84. The highest BCUT2D eigenvalue weighted by atomic mass is 35.5. The predicted octanol–water partition coefficient (Wildman–Crippen LogP) is 2.44. The Hall–Kier alpha value is -0.810. The smallest absolute Gasteiger partial charge is 0.328 e. The standard InChI is InChI=1S/C13H18Cl2N2O2/c1-13(12(18)19,16-6-7-17(2)3)10-8-9(14)4-5-11(10)15/h4-5,8,16H,6-7H2,1-3H3,(H,18,19). The van der Waals surface area contributed by atoms with Crippen LogP contribution >= 0.6 is 23.2 Å². The minimum absolute atomic E-state index is 0.381. The lowest BCUT2D eigenvalue weighted by molar-refractivity contribution is -0.144. The number of aliphatic carboxylic acids is 1. The van der Waals surface area contributed by atoms with Crippen molar-refractivity contribution >= 4 is 29.2 Å². The van der Waals surface area contributed by atoms with Crippen molar-refractivity contribution in [3.8, 4) is 0 Å². The minimum Gasteiger partial charge on any atom is -0.480 e. The van der Waals surface area contributed by atoms with Crippen LogP contribution in [0.4, 0.5) is 0 Å². The van der Waals surface area contributed by atoms with Crippen molar-refractivity contribution < 1.29 is 9.90 Å². The topological polar surface area (TPSA) is 52.6 Å². The van der Waals surface area contributed by atoms with Gasteiger partial charge in [-0.15, -0.1) is 0 Å². The lowest BCUT2D eigenvalue weighted by Gasteiger charge is -2.28. The summed E-state index contributed by atoms with van der Waals surface area (Å²) in [4.78, 5) is 13.6. The summed E-state index contributed by atoms with van der Waals surface area (Å²) in [7, 11) is 3.85. The minimum atomic E-state index is -1.27. The highest BCUT2D eigenvalue weighted by Gasteiger charge is 2.36. The van der Waals surface area contributed by atoms with E-state index >= 15 is 0 Å². The van der Waals surface area contributed by atoms with Crippen LogP contribution in [-0.2, 0) is 10.3 Å². The molecule has 0 spiro atoms. The number of rotatable bonds is 6. The van der Waals surface area contributed by atoms with Gasteiger partial charge in [-0.3, -0.25) is 5.32 Å². The first-order chi connectivity index (χ1) is 8.77. The molecule has 1 unspecified atom stereocenters. The maximum atomic E-state index is 11.6. The molecule has 1 aromatic rings. The second kappa shape index (κ2) is 6.57. The van der Waals surface area contributed by atoms with E-state index in [0.29, 0.717) is 22.2 Å². The Kier molecular flexibility index (Phi) is 5.62. The van der Waals surface area contributed by atoms with Crippen molar-refractivity contribution in [3.05, 3.63) is 33.8 Å². The zero-order valence-corrected chi connectivity index (χ0v) is 12.7. The maximum absolute atomic E-state index is 11.6. The van der Waals surface area contributed by atoms with Gasteiger partial charge in [0.1, 0.15) is 5.54 Å².